The summed E-state index contributed by atoms with van der Waals surface area (Å²) in [4.78, 5) is 23.1. The van der Waals surface area contributed by atoms with E-state index in [1.165, 1.54) is 0 Å². The third-order valence-electron chi connectivity index (χ3n) is 4.38. The quantitative estimate of drug-likeness (QED) is 0.767. The first kappa shape index (κ1) is 17.3. The molecule has 1 unspecified atom stereocenters. The van der Waals surface area contributed by atoms with E-state index in [0.717, 1.165) is 5.56 Å². The zero-order valence-electron chi connectivity index (χ0n) is 13.5. The Kier molecular flexibility index (Phi) is 4.74. The van der Waals surface area contributed by atoms with Crippen LogP contribution in [0, 0.1) is 11.3 Å². The second-order valence-electron chi connectivity index (χ2n) is 5.51. The SMILES string of the molecule is CCC1=C(C(=O)O)NC(C(=O)O)=CC1(CC)c1ccc(C#N)cc1. The Bertz CT molecular complexity index is 784. The van der Waals surface area contributed by atoms with Crippen molar-refractivity contribution in [2.45, 2.75) is 32.1 Å². The van der Waals surface area contributed by atoms with Crippen LogP contribution in [0.25, 0.3) is 0 Å². The number of allylic oxidation sites excluding steroid dienone is 2. The molecule has 0 bridgehead atoms. The van der Waals surface area contributed by atoms with Gasteiger partial charge >= 0.3 is 11.9 Å². The van der Waals surface area contributed by atoms with Crippen molar-refractivity contribution < 1.29 is 19.8 Å². The topological polar surface area (TPSA) is 110 Å². The Morgan fingerprint density at radius 1 is 1.17 bits per heavy atom. The van der Waals surface area contributed by atoms with E-state index in [2.05, 4.69) is 5.32 Å². The van der Waals surface area contributed by atoms with Gasteiger partial charge in [0.1, 0.15) is 11.4 Å². The van der Waals surface area contributed by atoms with Crippen LogP contribution in [0.2, 0.25) is 0 Å². The molecule has 0 saturated carbocycles. The number of rotatable bonds is 5. The van der Waals surface area contributed by atoms with Gasteiger partial charge in [-0.2, -0.15) is 5.26 Å². The first-order chi connectivity index (χ1) is 11.4. The lowest BCUT2D eigenvalue weighted by Gasteiger charge is -2.38. The molecule has 0 spiro atoms. The fraction of sp³-hybridized carbons (Fsp3) is 0.278. The molecule has 6 heteroatoms. The van der Waals surface area contributed by atoms with E-state index >= 15 is 0 Å². The van der Waals surface area contributed by atoms with Crippen molar-refractivity contribution >= 4 is 11.9 Å². The molecule has 0 fully saturated rings. The van der Waals surface area contributed by atoms with Gasteiger partial charge in [-0.25, -0.2) is 9.59 Å². The molecule has 124 valence electrons. The van der Waals surface area contributed by atoms with Crippen LogP contribution >= 0.6 is 0 Å². The molecule has 1 aromatic rings. The molecule has 0 aliphatic carbocycles. The monoisotopic (exact) mass is 326 g/mol. The molecule has 1 aliphatic rings. The van der Waals surface area contributed by atoms with Crippen LogP contribution in [0.15, 0.2) is 47.3 Å². The molecule has 0 saturated heterocycles. The smallest absolute Gasteiger partial charge is 0.352 e. The molecule has 1 atom stereocenters. The van der Waals surface area contributed by atoms with Crippen molar-refractivity contribution in [3.05, 3.63) is 58.4 Å². The summed E-state index contributed by atoms with van der Waals surface area (Å²) >= 11 is 0. The lowest BCUT2D eigenvalue weighted by atomic mass is 9.68. The van der Waals surface area contributed by atoms with Crippen LogP contribution < -0.4 is 5.32 Å². The molecule has 1 heterocycles. The molecule has 0 radical (unpaired) electrons. The highest BCUT2D eigenvalue weighted by Crippen LogP contribution is 2.43. The van der Waals surface area contributed by atoms with E-state index in [0.29, 0.717) is 24.0 Å². The molecular formula is C18H18N2O4. The maximum Gasteiger partial charge on any atom is 0.352 e. The lowest BCUT2D eigenvalue weighted by molar-refractivity contribution is -0.133. The highest BCUT2D eigenvalue weighted by Gasteiger charge is 2.40. The molecule has 0 amide bonds. The van der Waals surface area contributed by atoms with Crippen molar-refractivity contribution in [2.75, 3.05) is 0 Å². The molecule has 0 aromatic heterocycles. The summed E-state index contributed by atoms with van der Waals surface area (Å²) in [5.74, 6) is -2.40. The number of nitrogens with one attached hydrogen (secondary N) is 1. The number of carboxylic acid groups (broad SMARTS) is 2. The van der Waals surface area contributed by atoms with Crippen molar-refractivity contribution in [3.8, 4) is 6.07 Å². The molecule has 2 rings (SSSR count). The van der Waals surface area contributed by atoms with Crippen molar-refractivity contribution in [2.24, 2.45) is 0 Å². The number of nitriles is 1. The number of nitrogens with zero attached hydrogens (tertiary/aromatic N) is 1. The summed E-state index contributed by atoms with van der Waals surface area (Å²) in [5.41, 5.74) is 0.781. The Labute approximate surface area is 139 Å². The summed E-state index contributed by atoms with van der Waals surface area (Å²) in [6, 6.07) is 8.83. The van der Waals surface area contributed by atoms with E-state index < -0.39 is 17.4 Å². The van der Waals surface area contributed by atoms with Crippen LogP contribution in [-0.4, -0.2) is 22.2 Å². The predicted molar refractivity (Wildman–Crippen MR) is 86.9 cm³/mol. The van der Waals surface area contributed by atoms with Crippen molar-refractivity contribution in [1.29, 1.82) is 5.26 Å². The number of aliphatic carboxylic acids is 2. The number of dihydropyridines is 1. The predicted octanol–water partition coefficient (Wildman–Crippen LogP) is 2.53. The summed E-state index contributed by atoms with van der Waals surface area (Å²) in [6.45, 7) is 3.72. The summed E-state index contributed by atoms with van der Waals surface area (Å²) in [6.07, 6.45) is 2.52. The van der Waals surface area contributed by atoms with Gasteiger partial charge in [0.15, 0.2) is 0 Å². The van der Waals surface area contributed by atoms with Crippen molar-refractivity contribution in [3.63, 3.8) is 0 Å². The van der Waals surface area contributed by atoms with Gasteiger partial charge in [0, 0.05) is 5.41 Å². The van der Waals surface area contributed by atoms with Crippen LogP contribution in [0.3, 0.4) is 0 Å². The second-order valence-corrected chi connectivity index (χ2v) is 5.51. The van der Waals surface area contributed by atoms with E-state index in [1.807, 2.05) is 19.9 Å². The van der Waals surface area contributed by atoms with Gasteiger partial charge in [-0.15, -0.1) is 0 Å². The fourth-order valence-corrected chi connectivity index (χ4v) is 3.21. The van der Waals surface area contributed by atoms with Gasteiger partial charge < -0.3 is 15.5 Å². The van der Waals surface area contributed by atoms with Gasteiger partial charge in [0.25, 0.3) is 0 Å². The van der Waals surface area contributed by atoms with Gasteiger partial charge in [-0.05, 0) is 42.2 Å². The number of hydrogen-bond donors (Lipinski definition) is 3. The highest BCUT2D eigenvalue weighted by atomic mass is 16.4. The maximum atomic E-state index is 11.6. The first-order valence-corrected chi connectivity index (χ1v) is 7.60. The molecule has 1 aromatic carbocycles. The molecule has 24 heavy (non-hydrogen) atoms. The minimum Gasteiger partial charge on any atom is -0.477 e. The molecule has 6 nitrogen and oxygen atoms in total. The van der Waals surface area contributed by atoms with Crippen LogP contribution in [-0.2, 0) is 15.0 Å². The van der Waals surface area contributed by atoms with E-state index in [9.17, 15) is 19.8 Å². The number of benzene rings is 1. The Hall–Kier alpha value is -3.07. The normalized spacial score (nSPS) is 20.0. The van der Waals surface area contributed by atoms with Crippen LogP contribution in [0.1, 0.15) is 37.8 Å². The number of carboxylic acids is 2. The van der Waals surface area contributed by atoms with Gasteiger partial charge in [0.05, 0.1) is 11.6 Å². The van der Waals surface area contributed by atoms with Gasteiger partial charge in [-0.3, -0.25) is 0 Å². The van der Waals surface area contributed by atoms with Gasteiger partial charge in [-0.1, -0.05) is 26.0 Å². The maximum absolute atomic E-state index is 11.6. The molecule has 1 aliphatic heterocycles. The third-order valence-corrected chi connectivity index (χ3v) is 4.38. The van der Waals surface area contributed by atoms with E-state index in [-0.39, 0.29) is 11.4 Å². The average molecular weight is 326 g/mol. The molecular weight excluding hydrogens is 308 g/mol. The van der Waals surface area contributed by atoms with Gasteiger partial charge in [0.2, 0.25) is 0 Å². The van der Waals surface area contributed by atoms with E-state index in [4.69, 9.17) is 5.26 Å². The first-order valence-electron chi connectivity index (χ1n) is 7.60. The third kappa shape index (κ3) is 2.76. The summed E-state index contributed by atoms with van der Waals surface area (Å²) in [5, 5.41) is 30.4. The van der Waals surface area contributed by atoms with Crippen LogP contribution in [0.5, 0.6) is 0 Å². The average Bonchev–Trinajstić information content (AvgIpc) is 2.60. The largest absolute Gasteiger partial charge is 0.477 e. The highest BCUT2D eigenvalue weighted by molar-refractivity contribution is 5.94. The summed E-state index contributed by atoms with van der Waals surface area (Å²) in [7, 11) is 0. The number of carbonyl (C=O) groups is 2. The minimum atomic E-state index is -1.21. The van der Waals surface area contributed by atoms with E-state index in [1.54, 1.807) is 30.3 Å². The van der Waals surface area contributed by atoms with Crippen LogP contribution in [0.4, 0.5) is 0 Å². The Morgan fingerprint density at radius 3 is 2.21 bits per heavy atom. The molecule has 3 N–H and O–H groups in total. The van der Waals surface area contributed by atoms with Crippen molar-refractivity contribution in [1.82, 2.24) is 5.32 Å². The lowest BCUT2D eigenvalue weighted by Crippen LogP contribution is -2.39. The number of hydrogen-bond acceptors (Lipinski definition) is 4. The summed E-state index contributed by atoms with van der Waals surface area (Å²) < 4.78 is 0. The zero-order valence-corrected chi connectivity index (χ0v) is 13.5. The zero-order chi connectivity index (χ0) is 17.9. The Morgan fingerprint density at radius 2 is 1.79 bits per heavy atom. The minimum absolute atomic E-state index is 0.0939. The fourth-order valence-electron chi connectivity index (χ4n) is 3.21. The second kappa shape index (κ2) is 6.59. The Balaban J connectivity index is 2.76. The standard InChI is InChI=1S/C18H18N2O4/c1-3-13-15(17(23)24)20-14(16(21)22)9-18(13,4-2)12-7-5-11(10-19)6-8-12/h5-9,20H,3-4H2,1-2H3,(H,21,22)(H,23,24).